The Hall–Kier alpha value is -0.222. The van der Waals surface area contributed by atoms with E-state index in [2.05, 4.69) is 32.6 Å². The van der Waals surface area contributed by atoms with E-state index in [1.807, 2.05) is 0 Å². The first kappa shape index (κ1) is 9.86. The van der Waals surface area contributed by atoms with Crippen LogP contribution in [0.2, 0.25) is 0 Å². The Bertz CT molecular complexity index is 253. The van der Waals surface area contributed by atoms with Crippen LogP contribution in [0.25, 0.3) is 0 Å². The van der Waals surface area contributed by atoms with E-state index in [0.29, 0.717) is 0 Å². The van der Waals surface area contributed by atoms with E-state index in [-0.39, 0.29) is 0 Å². The summed E-state index contributed by atoms with van der Waals surface area (Å²) in [5, 5.41) is 0. The van der Waals surface area contributed by atoms with Gasteiger partial charge in [0.25, 0.3) is 0 Å². The molecule has 0 unspecified atom stereocenters. The Morgan fingerprint density at radius 2 is 1.58 bits per heavy atom. The topological polar surface area (TPSA) is 0 Å². The predicted octanol–water partition coefficient (Wildman–Crippen LogP) is 2.95. The molecule has 0 saturated heterocycles. The summed E-state index contributed by atoms with van der Waals surface area (Å²) in [6.07, 6.45) is 6.76. The maximum absolute atomic E-state index is 4.11. The van der Waals surface area contributed by atoms with Gasteiger partial charge in [-0.2, -0.15) is 0 Å². The molecule has 1 rings (SSSR count). The summed E-state index contributed by atoms with van der Waals surface area (Å²) in [7, 11) is 0. The SMILES string of the molecule is C=C1C(CC)=C[C](=[W])C=C1CC. The first-order valence-corrected chi connectivity index (χ1v) is 5.80. The van der Waals surface area contributed by atoms with Crippen LogP contribution in [0.3, 0.4) is 0 Å². The Labute approximate surface area is 85.5 Å². The molecule has 0 nitrogen and oxygen atoms in total. The summed E-state index contributed by atoms with van der Waals surface area (Å²) < 4.78 is 1.44. The monoisotopic (exact) mass is 330 g/mol. The van der Waals surface area contributed by atoms with Gasteiger partial charge in [0, 0.05) is 0 Å². The summed E-state index contributed by atoms with van der Waals surface area (Å²) in [6, 6.07) is 0. The summed E-state index contributed by atoms with van der Waals surface area (Å²) in [6.45, 7) is 8.50. The van der Waals surface area contributed by atoms with Gasteiger partial charge in [-0.15, -0.1) is 0 Å². The predicted molar refractivity (Wildman–Crippen MR) is 50.9 cm³/mol. The Balaban J connectivity index is 2.98. The third-order valence-electron chi connectivity index (χ3n) is 2.17. The van der Waals surface area contributed by atoms with Crippen LogP contribution in [0, 0.1) is 0 Å². The van der Waals surface area contributed by atoms with Crippen LogP contribution in [0.15, 0.2) is 35.5 Å². The van der Waals surface area contributed by atoms with Crippen LogP contribution >= 0.6 is 0 Å². The second kappa shape index (κ2) is 4.14. The van der Waals surface area contributed by atoms with Crippen molar-refractivity contribution in [1.29, 1.82) is 0 Å². The first-order valence-electron chi connectivity index (χ1n) is 4.33. The average Bonchev–Trinajstić information content (AvgIpc) is 2.08. The van der Waals surface area contributed by atoms with Crippen LogP contribution < -0.4 is 0 Å². The van der Waals surface area contributed by atoms with E-state index in [4.69, 9.17) is 0 Å². The van der Waals surface area contributed by atoms with Gasteiger partial charge in [-0.25, -0.2) is 0 Å². The van der Waals surface area contributed by atoms with Crippen molar-refractivity contribution in [2.75, 3.05) is 0 Å². The number of allylic oxidation sites excluding steroid dienone is 5. The molecule has 0 aromatic rings. The van der Waals surface area contributed by atoms with Gasteiger partial charge in [0.2, 0.25) is 0 Å². The molecule has 12 heavy (non-hydrogen) atoms. The normalized spacial score (nSPS) is 17.5. The molecule has 0 aliphatic heterocycles. The Kier molecular flexibility index (Phi) is 3.40. The molecule has 0 spiro atoms. The fraction of sp³-hybridized carbons (Fsp3) is 0.364. The second-order valence-electron chi connectivity index (χ2n) is 2.93. The van der Waals surface area contributed by atoms with Crippen LogP contribution in [0.5, 0.6) is 0 Å². The summed E-state index contributed by atoms with van der Waals surface area (Å²) in [5.74, 6) is 0. The second-order valence-corrected chi connectivity index (χ2v) is 4.62. The van der Waals surface area contributed by atoms with Crippen molar-refractivity contribution < 1.29 is 19.4 Å². The fourth-order valence-electron chi connectivity index (χ4n) is 1.40. The van der Waals surface area contributed by atoms with Gasteiger partial charge < -0.3 is 0 Å². The van der Waals surface area contributed by atoms with Crippen molar-refractivity contribution in [3.05, 3.63) is 35.5 Å². The Morgan fingerprint density at radius 3 is 1.92 bits per heavy atom. The fourth-order valence-corrected chi connectivity index (χ4v) is 2.42. The van der Waals surface area contributed by atoms with E-state index in [1.54, 1.807) is 19.4 Å². The summed E-state index contributed by atoms with van der Waals surface area (Å²) in [4.78, 5) is 0. The molecule has 0 aromatic heterocycles. The molecule has 0 heterocycles. The van der Waals surface area contributed by atoms with Crippen LogP contribution in [0.1, 0.15) is 26.7 Å². The third-order valence-corrected chi connectivity index (χ3v) is 3.02. The van der Waals surface area contributed by atoms with Crippen LogP contribution in [-0.2, 0) is 19.4 Å². The molecule has 0 aromatic carbocycles. The summed E-state index contributed by atoms with van der Waals surface area (Å²) in [5.41, 5.74) is 4.09. The summed E-state index contributed by atoms with van der Waals surface area (Å²) >= 11 is 1.55. The van der Waals surface area contributed by atoms with Crippen LogP contribution in [-0.4, -0.2) is 3.90 Å². The molecule has 0 saturated carbocycles. The van der Waals surface area contributed by atoms with Gasteiger partial charge in [0.1, 0.15) is 0 Å². The molecule has 0 radical (unpaired) electrons. The molecular formula is C11H14W. The molecule has 1 heteroatoms. The molecule has 0 atom stereocenters. The third kappa shape index (κ3) is 1.93. The first-order chi connectivity index (χ1) is 5.69. The van der Waals surface area contributed by atoms with Gasteiger partial charge in [-0.05, 0) is 0 Å². The number of hydrogen-bond acceptors (Lipinski definition) is 0. The molecular weight excluding hydrogens is 316 g/mol. The van der Waals surface area contributed by atoms with Crippen molar-refractivity contribution in [2.45, 2.75) is 26.7 Å². The quantitative estimate of drug-likeness (QED) is 0.730. The van der Waals surface area contributed by atoms with Crippen molar-refractivity contribution in [3.8, 4) is 0 Å². The van der Waals surface area contributed by atoms with Crippen molar-refractivity contribution in [2.24, 2.45) is 0 Å². The van der Waals surface area contributed by atoms with E-state index in [9.17, 15) is 0 Å². The zero-order valence-electron chi connectivity index (χ0n) is 7.68. The van der Waals surface area contributed by atoms with Crippen LogP contribution in [0.4, 0.5) is 0 Å². The van der Waals surface area contributed by atoms with Crippen molar-refractivity contribution in [3.63, 3.8) is 0 Å². The number of hydrogen-bond donors (Lipinski definition) is 0. The average molecular weight is 330 g/mol. The minimum atomic E-state index is 1.10. The molecule has 64 valence electrons. The maximum atomic E-state index is 4.11. The van der Waals surface area contributed by atoms with E-state index in [1.165, 1.54) is 20.6 Å². The standard InChI is InChI=1S/C11H14.W/c1-4-10-7-6-8-11(5-2)9(10)3;/h7-8H,3-5H2,1-2H3;. The van der Waals surface area contributed by atoms with Gasteiger partial charge in [-0.1, -0.05) is 0 Å². The zero-order chi connectivity index (χ0) is 9.14. The van der Waals surface area contributed by atoms with Gasteiger partial charge in [0.05, 0.1) is 0 Å². The van der Waals surface area contributed by atoms with Crippen molar-refractivity contribution in [1.82, 2.24) is 0 Å². The van der Waals surface area contributed by atoms with E-state index in [0.717, 1.165) is 12.8 Å². The Morgan fingerprint density at radius 1 is 1.17 bits per heavy atom. The molecule has 1 aliphatic carbocycles. The van der Waals surface area contributed by atoms with Gasteiger partial charge in [0.15, 0.2) is 0 Å². The van der Waals surface area contributed by atoms with E-state index < -0.39 is 0 Å². The van der Waals surface area contributed by atoms with Crippen molar-refractivity contribution >= 4 is 3.90 Å². The molecule has 0 bridgehead atoms. The van der Waals surface area contributed by atoms with Gasteiger partial charge in [-0.3, -0.25) is 0 Å². The minimum absolute atomic E-state index is 1.10. The molecule has 0 fully saturated rings. The molecule has 0 amide bonds. The number of rotatable bonds is 2. The zero-order valence-corrected chi connectivity index (χ0v) is 10.6. The van der Waals surface area contributed by atoms with Gasteiger partial charge >= 0.3 is 85.4 Å². The molecule has 1 aliphatic rings. The molecule has 0 N–H and O–H groups in total. The van der Waals surface area contributed by atoms with E-state index >= 15 is 0 Å².